The summed E-state index contributed by atoms with van der Waals surface area (Å²) in [5.41, 5.74) is 0. The van der Waals surface area contributed by atoms with Crippen molar-refractivity contribution in [3.63, 3.8) is 0 Å². The lowest BCUT2D eigenvalue weighted by Gasteiger charge is -2.32. The van der Waals surface area contributed by atoms with Gasteiger partial charge in [-0.2, -0.15) is 0 Å². The number of rotatable bonds is 4. The number of anilines is 2. The van der Waals surface area contributed by atoms with Gasteiger partial charge in [0.1, 0.15) is 11.6 Å². The van der Waals surface area contributed by atoms with Crippen molar-refractivity contribution in [3.8, 4) is 0 Å². The van der Waals surface area contributed by atoms with Crippen LogP contribution in [0.2, 0.25) is 0 Å². The summed E-state index contributed by atoms with van der Waals surface area (Å²) in [5, 5.41) is 7.57. The van der Waals surface area contributed by atoms with Crippen molar-refractivity contribution >= 4 is 23.4 Å². The zero-order chi connectivity index (χ0) is 13.9. The smallest absolute Gasteiger partial charge is 0.191 e. The maximum Gasteiger partial charge on any atom is 0.191 e. The number of nitrogens with zero attached hydrogens (tertiary/aromatic N) is 3. The van der Waals surface area contributed by atoms with Gasteiger partial charge in [-0.3, -0.25) is 4.90 Å². The summed E-state index contributed by atoms with van der Waals surface area (Å²) in [7, 11) is 1.90. The molecule has 0 aromatic carbocycles. The first-order valence-electron chi connectivity index (χ1n) is 7.41. The summed E-state index contributed by atoms with van der Waals surface area (Å²) in [6.07, 6.45) is 7.27. The van der Waals surface area contributed by atoms with E-state index in [1.54, 1.807) is 11.8 Å². The Morgan fingerprint density at radius 2 is 2.05 bits per heavy atom. The predicted molar refractivity (Wildman–Crippen MR) is 84.6 cm³/mol. The molecular weight excluding hydrogens is 270 g/mol. The summed E-state index contributed by atoms with van der Waals surface area (Å²) in [6.45, 7) is 2.49. The molecule has 2 aliphatic rings. The Kier molecular flexibility index (Phi) is 4.31. The van der Waals surface area contributed by atoms with Gasteiger partial charge in [-0.1, -0.05) is 18.2 Å². The lowest BCUT2D eigenvalue weighted by molar-refractivity contribution is 0.192. The van der Waals surface area contributed by atoms with Gasteiger partial charge in [0.2, 0.25) is 0 Å². The third-order valence-corrected chi connectivity index (χ3v) is 4.88. The first-order chi connectivity index (χ1) is 9.80. The predicted octanol–water partition coefficient (Wildman–Crippen LogP) is 2.28. The van der Waals surface area contributed by atoms with Gasteiger partial charge < -0.3 is 10.6 Å². The van der Waals surface area contributed by atoms with Gasteiger partial charge in [0.15, 0.2) is 5.16 Å². The van der Waals surface area contributed by atoms with Crippen LogP contribution in [0.25, 0.3) is 0 Å². The second-order valence-corrected chi connectivity index (χ2v) is 6.29. The lowest BCUT2D eigenvalue weighted by atomic mass is 9.99. The van der Waals surface area contributed by atoms with Crippen molar-refractivity contribution in [1.29, 1.82) is 0 Å². The number of fused-ring (bicyclic) bond motifs is 1. The zero-order valence-electron chi connectivity index (χ0n) is 12.2. The highest BCUT2D eigenvalue weighted by molar-refractivity contribution is 7.98. The number of thioether (sulfide) groups is 1. The zero-order valence-corrected chi connectivity index (χ0v) is 13.0. The molecule has 6 heteroatoms. The lowest BCUT2D eigenvalue weighted by Crippen LogP contribution is -2.41. The van der Waals surface area contributed by atoms with Crippen LogP contribution >= 0.6 is 11.8 Å². The van der Waals surface area contributed by atoms with E-state index in [0.29, 0.717) is 12.1 Å². The third-order valence-electron chi connectivity index (χ3n) is 4.33. The summed E-state index contributed by atoms with van der Waals surface area (Å²) in [5.74, 6) is 1.83. The molecule has 2 unspecified atom stereocenters. The molecule has 2 atom stereocenters. The van der Waals surface area contributed by atoms with Gasteiger partial charge in [0, 0.05) is 31.7 Å². The largest absolute Gasteiger partial charge is 0.373 e. The van der Waals surface area contributed by atoms with Crippen molar-refractivity contribution in [3.05, 3.63) is 6.07 Å². The van der Waals surface area contributed by atoms with Crippen molar-refractivity contribution in [2.24, 2.45) is 0 Å². The number of nitrogens with one attached hydrogen (secondary N) is 2. The van der Waals surface area contributed by atoms with Crippen LogP contribution in [0.3, 0.4) is 0 Å². The van der Waals surface area contributed by atoms with E-state index in [1.807, 2.05) is 19.4 Å². The molecule has 3 rings (SSSR count). The summed E-state index contributed by atoms with van der Waals surface area (Å²) < 4.78 is 0. The van der Waals surface area contributed by atoms with E-state index in [1.165, 1.54) is 38.8 Å². The van der Waals surface area contributed by atoms with Crippen LogP contribution in [0.4, 0.5) is 11.6 Å². The maximum absolute atomic E-state index is 4.58. The highest BCUT2D eigenvalue weighted by Crippen LogP contribution is 2.29. The van der Waals surface area contributed by atoms with E-state index in [9.17, 15) is 0 Å². The molecule has 1 aromatic heterocycles. The monoisotopic (exact) mass is 293 g/mol. The number of piperidine rings is 1. The fraction of sp³-hybridized carbons (Fsp3) is 0.714. The van der Waals surface area contributed by atoms with Crippen molar-refractivity contribution in [2.45, 2.75) is 42.9 Å². The molecule has 5 nitrogen and oxygen atoms in total. The van der Waals surface area contributed by atoms with Crippen LogP contribution in [0.15, 0.2) is 11.2 Å². The van der Waals surface area contributed by atoms with Crippen LogP contribution in [-0.4, -0.2) is 53.3 Å². The van der Waals surface area contributed by atoms with Gasteiger partial charge >= 0.3 is 0 Å². The van der Waals surface area contributed by atoms with Crippen LogP contribution in [0, 0.1) is 0 Å². The molecule has 0 bridgehead atoms. The Morgan fingerprint density at radius 3 is 2.85 bits per heavy atom. The number of aromatic nitrogens is 2. The van der Waals surface area contributed by atoms with Crippen molar-refractivity contribution < 1.29 is 0 Å². The molecule has 20 heavy (non-hydrogen) atoms. The molecule has 2 fully saturated rings. The first-order valence-corrected chi connectivity index (χ1v) is 8.64. The van der Waals surface area contributed by atoms with Gasteiger partial charge in [-0.15, -0.1) is 0 Å². The molecular formula is C14H23N5S. The summed E-state index contributed by atoms with van der Waals surface area (Å²) in [4.78, 5) is 11.6. The van der Waals surface area contributed by atoms with Crippen LogP contribution in [0.1, 0.15) is 25.7 Å². The molecule has 2 N–H and O–H groups in total. The fourth-order valence-corrected chi connectivity index (χ4v) is 3.70. The standard InChI is InChI=1S/C14H23N5S/c1-15-12-9-13(18-14(17-12)20-2)16-10-6-8-19-7-4-3-5-11(10)19/h9-11H,3-8H2,1-2H3,(H2,15,16,17,18). The van der Waals surface area contributed by atoms with Gasteiger partial charge in [0.25, 0.3) is 0 Å². The minimum atomic E-state index is 0.532. The molecule has 0 saturated carbocycles. The Morgan fingerprint density at radius 1 is 1.20 bits per heavy atom. The van der Waals surface area contributed by atoms with E-state index in [-0.39, 0.29) is 0 Å². The summed E-state index contributed by atoms with van der Waals surface area (Å²) >= 11 is 1.58. The third kappa shape index (κ3) is 2.86. The average Bonchev–Trinajstić information content (AvgIpc) is 2.90. The molecule has 0 aliphatic carbocycles. The Balaban J connectivity index is 1.74. The first kappa shape index (κ1) is 13.9. The van der Waals surface area contributed by atoms with Crippen LogP contribution in [-0.2, 0) is 0 Å². The second-order valence-electron chi connectivity index (χ2n) is 5.51. The minimum Gasteiger partial charge on any atom is -0.373 e. The molecule has 2 saturated heterocycles. The quantitative estimate of drug-likeness (QED) is 0.656. The normalized spacial score (nSPS) is 26.3. The average molecular weight is 293 g/mol. The SMILES string of the molecule is CNc1cc(NC2CCN3CCCCC23)nc(SC)n1. The molecule has 3 heterocycles. The number of hydrogen-bond acceptors (Lipinski definition) is 6. The molecule has 110 valence electrons. The Hall–Kier alpha value is -1.01. The molecule has 0 radical (unpaired) electrons. The molecule has 0 amide bonds. The van der Waals surface area contributed by atoms with E-state index >= 15 is 0 Å². The van der Waals surface area contributed by atoms with Crippen LogP contribution < -0.4 is 10.6 Å². The minimum absolute atomic E-state index is 0.532. The Labute approximate surface area is 124 Å². The van der Waals surface area contributed by atoms with E-state index < -0.39 is 0 Å². The number of hydrogen-bond donors (Lipinski definition) is 2. The Bertz CT molecular complexity index is 445. The maximum atomic E-state index is 4.58. The van der Waals surface area contributed by atoms with Gasteiger partial charge in [-0.05, 0) is 32.1 Å². The second kappa shape index (κ2) is 6.18. The molecule has 2 aliphatic heterocycles. The molecule has 1 aromatic rings. The van der Waals surface area contributed by atoms with E-state index in [4.69, 9.17) is 0 Å². The topological polar surface area (TPSA) is 53.1 Å². The van der Waals surface area contributed by atoms with Gasteiger partial charge in [0.05, 0.1) is 0 Å². The highest BCUT2D eigenvalue weighted by atomic mass is 32.2. The summed E-state index contributed by atoms with van der Waals surface area (Å²) in [6, 6.07) is 3.23. The van der Waals surface area contributed by atoms with Crippen LogP contribution in [0.5, 0.6) is 0 Å². The molecule has 0 spiro atoms. The van der Waals surface area contributed by atoms with Crippen molar-refractivity contribution in [1.82, 2.24) is 14.9 Å². The fourth-order valence-electron chi connectivity index (χ4n) is 3.32. The van der Waals surface area contributed by atoms with Gasteiger partial charge in [-0.25, -0.2) is 9.97 Å². The highest BCUT2D eigenvalue weighted by Gasteiger charge is 2.35. The van der Waals surface area contributed by atoms with E-state index in [0.717, 1.165) is 16.8 Å². The van der Waals surface area contributed by atoms with E-state index in [2.05, 4.69) is 25.5 Å². The van der Waals surface area contributed by atoms with Crippen molar-refractivity contribution in [2.75, 3.05) is 37.0 Å².